The van der Waals surface area contributed by atoms with Gasteiger partial charge in [-0.25, -0.2) is 13.9 Å². The molecule has 9 heteroatoms. The molecule has 1 fully saturated rings. The van der Waals surface area contributed by atoms with Gasteiger partial charge in [-0.05, 0) is 56.5 Å². The number of aryl methyl sites for hydroxylation is 2. The molecule has 30 heavy (non-hydrogen) atoms. The van der Waals surface area contributed by atoms with Crippen LogP contribution in [-0.2, 0) is 21.4 Å². The van der Waals surface area contributed by atoms with Crippen LogP contribution >= 0.6 is 0 Å². The Hall–Kier alpha value is -2.46. The first-order valence-corrected chi connectivity index (χ1v) is 11.1. The summed E-state index contributed by atoms with van der Waals surface area (Å²) in [4.78, 5) is 11.9. The van der Waals surface area contributed by atoms with E-state index in [-0.39, 0.29) is 17.9 Å². The van der Waals surface area contributed by atoms with Crippen molar-refractivity contribution < 1.29 is 28.3 Å². The highest BCUT2D eigenvalue weighted by Crippen LogP contribution is 2.32. The highest BCUT2D eigenvalue weighted by atomic mass is 32.2. The van der Waals surface area contributed by atoms with Gasteiger partial charge in [-0.1, -0.05) is 29.3 Å². The van der Waals surface area contributed by atoms with Crippen molar-refractivity contribution in [3.8, 4) is 5.75 Å². The number of nitrogens with one attached hydrogen (secondary N) is 1. The summed E-state index contributed by atoms with van der Waals surface area (Å²) in [6, 6.07) is 11.9. The van der Waals surface area contributed by atoms with E-state index in [0.717, 1.165) is 21.0 Å². The van der Waals surface area contributed by atoms with Crippen molar-refractivity contribution in [2.45, 2.75) is 50.3 Å². The maximum absolute atomic E-state index is 13.1. The first-order chi connectivity index (χ1) is 14.2. The summed E-state index contributed by atoms with van der Waals surface area (Å²) < 4.78 is 32.6. The van der Waals surface area contributed by atoms with Gasteiger partial charge >= 0.3 is 0 Å². The monoisotopic (exact) mass is 434 g/mol. The number of sulfonamides is 1. The van der Waals surface area contributed by atoms with E-state index in [9.17, 15) is 18.3 Å². The summed E-state index contributed by atoms with van der Waals surface area (Å²) >= 11 is 0. The molecule has 1 atom stereocenters. The molecule has 1 saturated heterocycles. The third-order valence-electron chi connectivity index (χ3n) is 5.11. The minimum Gasteiger partial charge on any atom is -0.489 e. The molecule has 1 aliphatic rings. The van der Waals surface area contributed by atoms with Gasteiger partial charge < -0.3 is 9.84 Å². The maximum Gasteiger partial charge on any atom is 0.291 e. The zero-order chi connectivity index (χ0) is 21.9. The predicted molar refractivity (Wildman–Crippen MR) is 109 cm³/mol. The molecule has 0 aromatic heterocycles. The first kappa shape index (κ1) is 22.2. The minimum absolute atomic E-state index is 0.0305. The fraction of sp³-hybridized carbons (Fsp3) is 0.381. The molecule has 0 spiro atoms. The third-order valence-corrected chi connectivity index (χ3v) is 7.05. The van der Waals surface area contributed by atoms with E-state index in [2.05, 4.69) is 6.07 Å². The quantitative estimate of drug-likeness (QED) is 0.474. The molecule has 0 aliphatic carbocycles. The Morgan fingerprint density at radius 1 is 1.13 bits per heavy atom. The standard InChI is InChI=1S/C21H26N2O6S/c1-15-11-16(2)13-17(12-15)14-29-18-5-7-19(8-6-18)30(27,28)23-10-4-3-9-21(23,25)20(24)22-26/h5-8,11-13,25-26H,3-4,9-10,14H2,1-2H3,(H,22,24). The van der Waals surface area contributed by atoms with Crippen LogP contribution in [0.25, 0.3) is 0 Å². The SMILES string of the molecule is Cc1cc(C)cc(COc2ccc(S(=O)(=O)N3CCCCC3(O)C(=O)NO)cc2)c1. The lowest BCUT2D eigenvalue weighted by molar-refractivity contribution is -0.167. The average Bonchev–Trinajstić information content (AvgIpc) is 2.71. The number of carbonyl (C=O) groups is 1. The van der Waals surface area contributed by atoms with Gasteiger partial charge in [0.2, 0.25) is 15.7 Å². The molecule has 2 aromatic carbocycles. The van der Waals surface area contributed by atoms with Crippen molar-refractivity contribution in [1.29, 1.82) is 0 Å². The Labute approximate surface area is 176 Å². The molecule has 1 unspecified atom stereocenters. The molecule has 1 amide bonds. The van der Waals surface area contributed by atoms with Crippen molar-refractivity contribution in [3.63, 3.8) is 0 Å². The summed E-state index contributed by atoms with van der Waals surface area (Å²) in [5, 5.41) is 19.6. The largest absolute Gasteiger partial charge is 0.489 e. The molecule has 0 saturated carbocycles. The molecule has 1 aliphatic heterocycles. The molecule has 3 N–H and O–H groups in total. The number of hydrogen-bond acceptors (Lipinski definition) is 6. The summed E-state index contributed by atoms with van der Waals surface area (Å²) in [7, 11) is -4.16. The topological polar surface area (TPSA) is 116 Å². The van der Waals surface area contributed by atoms with Crippen LogP contribution < -0.4 is 10.2 Å². The summed E-state index contributed by atoms with van der Waals surface area (Å²) in [6.45, 7) is 4.33. The highest BCUT2D eigenvalue weighted by Gasteiger charge is 2.50. The third kappa shape index (κ3) is 4.49. The van der Waals surface area contributed by atoms with E-state index in [1.54, 1.807) is 0 Å². The molecular formula is C21H26N2O6S. The van der Waals surface area contributed by atoms with Crippen LogP contribution in [0.15, 0.2) is 47.4 Å². The van der Waals surface area contributed by atoms with Gasteiger partial charge in [0.25, 0.3) is 5.91 Å². The van der Waals surface area contributed by atoms with Crippen molar-refractivity contribution >= 4 is 15.9 Å². The van der Waals surface area contributed by atoms with Crippen molar-refractivity contribution in [2.24, 2.45) is 0 Å². The molecule has 0 bridgehead atoms. The lowest BCUT2D eigenvalue weighted by atomic mass is 10.0. The van der Waals surface area contributed by atoms with Crippen LogP contribution in [0.4, 0.5) is 0 Å². The number of benzene rings is 2. The van der Waals surface area contributed by atoms with E-state index in [1.165, 1.54) is 29.7 Å². The molecule has 3 rings (SSSR count). The number of carbonyl (C=O) groups excluding carboxylic acids is 1. The minimum atomic E-state index is -4.16. The fourth-order valence-electron chi connectivity index (χ4n) is 3.73. The Kier molecular flexibility index (Phi) is 6.47. The number of aliphatic hydroxyl groups is 1. The number of hydroxylamine groups is 1. The Morgan fingerprint density at radius 2 is 1.77 bits per heavy atom. The van der Waals surface area contributed by atoms with E-state index >= 15 is 0 Å². The van der Waals surface area contributed by atoms with Crippen LogP contribution in [0, 0.1) is 13.8 Å². The van der Waals surface area contributed by atoms with Gasteiger partial charge in [0.15, 0.2) is 0 Å². The lowest BCUT2D eigenvalue weighted by Gasteiger charge is -2.39. The molecular weight excluding hydrogens is 408 g/mol. The van der Waals surface area contributed by atoms with Crippen LogP contribution in [0.5, 0.6) is 5.75 Å². The number of hydrogen-bond donors (Lipinski definition) is 3. The van der Waals surface area contributed by atoms with Crippen molar-refractivity contribution in [2.75, 3.05) is 6.54 Å². The Balaban J connectivity index is 1.78. The zero-order valence-electron chi connectivity index (χ0n) is 17.0. The van der Waals surface area contributed by atoms with Gasteiger partial charge in [-0.3, -0.25) is 10.0 Å². The zero-order valence-corrected chi connectivity index (χ0v) is 17.8. The molecule has 8 nitrogen and oxygen atoms in total. The summed E-state index contributed by atoms with van der Waals surface area (Å²) in [5.74, 6) is -0.672. The second-order valence-corrected chi connectivity index (χ2v) is 9.41. The van der Waals surface area contributed by atoms with Gasteiger partial charge in [-0.15, -0.1) is 0 Å². The Bertz CT molecular complexity index is 1000. The second kappa shape index (κ2) is 8.73. The van der Waals surface area contributed by atoms with Crippen LogP contribution in [0.3, 0.4) is 0 Å². The van der Waals surface area contributed by atoms with Crippen molar-refractivity contribution in [1.82, 2.24) is 9.79 Å². The van der Waals surface area contributed by atoms with E-state index < -0.39 is 21.7 Å². The number of amides is 1. The molecule has 162 valence electrons. The summed E-state index contributed by atoms with van der Waals surface area (Å²) in [6.07, 6.45) is 0.855. The number of nitrogens with zero attached hydrogens (tertiary/aromatic N) is 1. The van der Waals surface area contributed by atoms with Gasteiger partial charge in [0.1, 0.15) is 12.4 Å². The Morgan fingerprint density at radius 3 is 2.37 bits per heavy atom. The number of rotatable bonds is 6. The maximum atomic E-state index is 13.1. The van der Waals surface area contributed by atoms with Crippen LogP contribution in [0.1, 0.15) is 36.0 Å². The number of ether oxygens (including phenoxy) is 1. The first-order valence-electron chi connectivity index (χ1n) is 9.66. The average molecular weight is 435 g/mol. The fourth-order valence-corrected chi connectivity index (χ4v) is 5.40. The molecule has 1 heterocycles. The van der Waals surface area contributed by atoms with Crippen LogP contribution in [0.2, 0.25) is 0 Å². The highest BCUT2D eigenvalue weighted by molar-refractivity contribution is 7.89. The van der Waals surface area contributed by atoms with E-state index in [4.69, 9.17) is 9.94 Å². The van der Waals surface area contributed by atoms with E-state index in [1.807, 2.05) is 26.0 Å². The van der Waals surface area contributed by atoms with Gasteiger partial charge in [-0.2, -0.15) is 4.31 Å². The second-order valence-electron chi connectivity index (χ2n) is 7.55. The summed E-state index contributed by atoms with van der Waals surface area (Å²) in [5.41, 5.74) is 2.32. The van der Waals surface area contributed by atoms with Gasteiger partial charge in [0, 0.05) is 13.0 Å². The van der Waals surface area contributed by atoms with Crippen LogP contribution in [-0.4, -0.2) is 41.2 Å². The molecule has 2 aromatic rings. The number of piperidine rings is 1. The normalized spacial score (nSPS) is 20.0. The lowest BCUT2D eigenvalue weighted by Crippen LogP contribution is -2.62. The predicted octanol–water partition coefficient (Wildman–Crippen LogP) is 2.25. The molecule has 0 radical (unpaired) electrons. The smallest absolute Gasteiger partial charge is 0.291 e. The van der Waals surface area contributed by atoms with Gasteiger partial charge in [0.05, 0.1) is 4.90 Å². The van der Waals surface area contributed by atoms with Crippen molar-refractivity contribution in [3.05, 3.63) is 59.2 Å². The van der Waals surface area contributed by atoms with E-state index in [0.29, 0.717) is 25.2 Å².